The molecule has 1 amide bonds. The van der Waals surface area contributed by atoms with Gasteiger partial charge < -0.3 is 13.7 Å². The van der Waals surface area contributed by atoms with Crippen molar-refractivity contribution in [2.75, 3.05) is 13.1 Å². The Morgan fingerprint density at radius 2 is 1.96 bits per heavy atom. The lowest BCUT2D eigenvalue weighted by Crippen LogP contribution is -2.38. The van der Waals surface area contributed by atoms with Crippen molar-refractivity contribution in [2.24, 2.45) is 0 Å². The molecule has 1 saturated heterocycles. The maximum absolute atomic E-state index is 13.0. The fourth-order valence-electron chi connectivity index (χ4n) is 3.64. The zero-order valence-electron chi connectivity index (χ0n) is 15.4. The molecule has 0 aliphatic carbocycles. The number of oxazole rings is 1. The predicted molar refractivity (Wildman–Crippen MR) is 106 cm³/mol. The highest BCUT2D eigenvalue weighted by molar-refractivity contribution is 7.15. The second-order valence-corrected chi connectivity index (χ2v) is 8.19. The van der Waals surface area contributed by atoms with Crippen molar-refractivity contribution in [3.8, 4) is 10.8 Å². The van der Waals surface area contributed by atoms with E-state index in [4.69, 9.17) is 8.83 Å². The maximum atomic E-state index is 13.0. The number of hydrogen-bond acceptors (Lipinski definition) is 6. The van der Waals surface area contributed by atoms with E-state index in [9.17, 15) is 4.79 Å². The highest BCUT2D eigenvalue weighted by Crippen LogP contribution is 2.32. The van der Waals surface area contributed by atoms with Gasteiger partial charge in [0.05, 0.1) is 6.26 Å². The van der Waals surface area contributed by atoms with E-state index in [-0.39, 0.29) is 11.8 Å². The summed E-state index contributed by atoms with van der Waals surface area (Å²) in [5.74, 6) is 1.70. The van der Waals surface area contributed by atoms with Crippen LogP contribution in [-0.4, -0.2) is 33.9 Å². The lowest BCUT2D eigenvalue weighted by Gasteiger charge is -2.30. The fraction of sp³-hybridized carbons (Fsp3) is 0.286. The van der Waals surface area contributed by atoms with Crippen molar-refractivity contribution in [3.63, 3.8) is 0 Å². The van der Waals surface area contributed by atoms with Gasteiger partial charge in [0.2, 0.25) is 0 Å². The number of aryl methyl sites for hydroxylation is 1. The molecule has 0 atom stereocenters. The normalized spacial score (nSPS) is 15.4. The van der Waals surface area contributed by atoms with Crippen molar-refractivity contribution in [2.45, 2.75) is 25.7 Å². The van der Waals surface area contributed by atoms with Crippen LogP contribution in [0.5, 0.6) is 0 Å². The molecule has 5 rings (SSSR count). The summed E-state index contributed by atoms with van der Waals surface area (Å²) in [5, 5.41) is 0.743. The first kappa shape index (κ1) is 17.2. The number of para-hydroxylation sites is 2. The van der Waals surface area contributed by atoms with Crippen LogP contribution in [0.3, 0.4) is 0 Å². The average molecular weight is 393 g/mol. The monoisotopic (exact) mass is 393 g/mol. The molecule has 0 N–H and O–H groups in total. The van der Waals surface area contributed by atoms with Crippen LogP contribution in [0.2, 0.25) is 0 Å². The molecule has 1 aliphatic heterocycles. The minimum atomic E-state index is -0.0115. The number of fused-ring (bicyclic) bond motifs is 1. The van der Waals surface area contributed by atoms with E-state index in [1.165, 1.54) is 11.3 Å². The SMILES string of the molecule is Cc1sc(-c2ccco2)nc1C(=O)N1CCC(c2nc3ccccc3o2)CC1. The number of carbonyl (C=O) groups excluding carboxylic acids is 1. The molecule has 1 aliphatic rings. The summed E-state index contributed by atoms with van der Waals surface area (Å²) in [6, 6.07) is 11.5. The number of carbonyl (C=O) groups is 1. The predicted octanol–water partition coefficient (Wildman–Crippen LogP) is 4.87. The number of thiazole rings is 1. The molecule has 1 fully saturated rings. The first-order chi connectivity index (χ1) is 13.7. The minimum Gasteiger partial charge on any atom is -0.462 e. The number of hydrogen-bond donors (Lipinski definition) is 0. The van der Waals surface area contributed by atoms with E-state index >= 15 is 0 Å². The lowest BCUT2D eigenvalue weighted by atomic mass is 9.96. The number of amides is 1. The Morgan fingerprint density at radius 1 is 1.14 bits per heavy atom. The molecule has 4 aromatic rings. The minimum absolute atomic E-state index is 0.0115. The Bertz CT molecular complexity index is 1090. The van der Waals surface area contributed by atoms with Gasteiger partial charge in [-0.2, -0.15) is 0 Å². The lowest BCUT2D eigenvalue weighted by molar-refractivity contribution is 0.0701. The van der Waals surface area contributed by atoms with Gasteiger partial charge in [-0.3, -0.25) is 4.79 Å². The molecule has 1 aromatic carbocycles. The molecule has 6 nitrogen and oxygen atoms in total. The largest absolute Gasteiger partial charge is 0.462 e. The van der Waals surface area contributed by atoms with Gasteiger partial charge in [0.1, 0.15) is 11.2 Å². The third-order valence-electron chi connectivity index (χ3n) is 5.17. The molecule has 0 unspecified atom stereocenters. The van der Waals surface area contributed by atoms with Crippen LogP contribution in [0.25, 0.3) is 21.9 Å². The average Bonchev–Trinajstić information content (AvgIpc) is 3.46. The first-order valence-electron chi connectivity index (χ1n) is 9.35. The molecule has 0 bridgehead atoms. The molecule has 4 heterocycles. The summed E-state index contributed by atoms with van der Waals surface area (Å²) < 4.78 is 11.3. The topological polar surface area (TPSA) is 72.4 Å². The van der Waals surface area contributed by atoms with E-state index in [2.05, 4.69) is 9.97 Å². The summed E-state index contributed by atoms with van der Waals surface area (Å²) in [7, 11) is 0. The second-order valence-electron chi connectivity index (χ2n) is 6.99. The number of rotatable bonds is 3. The van der Waals surface area contributed by atoms with Crippen molar-refractivity contribution in [3.05, 3.63) is 59.1 Å². The van der Waals surface area contributed by atoms with Crippen molar-refractivity contribution in [1.29, 1.82) is 0 Å². The van der Waals surface area contributed by atoms with Gasteiger partial charge in [0, 0.05) is 23.9 Å². The van der Waals surface area contributed by atoms with Gasteiger partial charge in [-0.05, 0) is 44.0 Å². The number of aromatic nitrogens is 2. The van der Waals surface area contributed by atoms with Crippen LogP contribution < -0.4 is 0 Å². The number of likely N-dealkylation sites (tertiary alicyclic amines) is 1. The Hall–Kier alpha value is -2.93. The fourth-order valence-corrected chi connectivity index (χ4v) is 4.52. The summed E-state index contributed by atoms with van der Waals surface area (Å²) in [4.78, 5) is 24.9. The van der Waals surface area contributed by atoms with Gasteiger partial charge >= 0.3 is 0 Å². The standard InChI is InChI=1S/C21H19N3O3S/c1-13-18(23-20(28-13)17-7-4-12-26-17)21(25)24-10-8-14(9-11-24)19-22-15-5-2-3-6-16(15)27-19/h2-7,12,14H,8-11H2,1H3. The van der Waals surface area contributed by atoms with Crippen LogP contribution >= 0.6 is 11.3 Å². The van der Waals surface area contributed by atoms with Crippen molar-refractivity contribution < 1.29 is 13.6 Å². The molecule has 28 heavy (non-hydrogen) atoms. The van der Waals surface area contributed by atoms with E-state index in [1.54, 1.807) is 6.26 Å². The Balaban J connectivity index is 1.29. The second kappa shape index (κ2) is 6.91. The maximum Gasteiger partial charge on any atom is 0.273 e. The summed E-state index contributed by atoms with van der Waals surface area (Å²) in [6.45, 7) is 3.28. The number of furan rings is 1. The van der Waals surface area contributed by atoms with Crippen LogP contribution in [0.15, 0.2) is 51.5 Å². The van der Waals surface area contributed by atoms with E-state index < -0.39 is 0 Å². The molecule has 0 radical (unpaired) electrons. The summed E-state index contributed by atoms with van der Waals surface area (Å²) >= 11 is 1.49. The molecule has 142 valence electrons. The zero-order valence-corrected chi connectivity index (χ0v) is 16.2. The Kier molecular flexibility index (Phi) is 4.24. The molecular weight excluding hydrogens is 374 g/mol. The number of nitrogens with zero attached hydrogens (tertiary/aromatic N) is 3. The first-order valence-corrected chi connectivity index (χ1v) is 10.2. The van der Waals surface area contributed by atoms with Gasteiger partial charge in [-0.25, -0.2) is 9.97 Å². The third kappa shape index (κ3) is 3.01. The number of benzene rings is 1. The number of piperidine rings is 1. The van der Waals surface area contributed by atoms with E-state index in [0.717, 1.165) is 39.7 Å². The van der Waals surface area contributed by atoms with Gasteiger partial charge in [0.15, 0.2) is 22.2 Å². The van der Waals surface area contributed by atoms with Gasteiger partial charge in [-0.15, -0.1) is 11.3 Å². The highest BCUT2D eigenvalue weighted by atomic mass is 32.1. The quantitative estimate of drug-likeness (QED) is 0.496. The highest BCUT2D eigenvalue weighted by Gasteiger charge is 2.29. The van der Waals surface area contributed by atoms with E-state index in [1.807, 2.05) is 48.2 Å². The van der Waals surface area contributed by atoms with Gasteiger partial charge in [0.25, 0.3) is 5.91 Å². The third-order valence-corrected chi connectivity index (χ3v) is 6.16. The summed E-state index contributed by atoms with van der Waals surface area (Å²) in [5.41, 5.74) is 2.23. The summed E-state index contributed by atoms with van der Waals surface area (Å²) in [6.07, 6.45) is 3.30. The molecule has 0 spiro atoms. The van der Waals surface area contributed by atoms with Crippen molar-refractivity contribution in [1.82, 2.24) is 14.9 Å². The van der Waals surface area contributed by atoms with Crippen molar-refractivity contribution >= 4 is 28.3 Å². The molecular formula is C21H19N3O3S. The molecule has 3 aromatic heterocycles. The Labute approximate surface area is 165 Å². The zero-order chi connectivity index (χ0) is 19.1. The van der Waals surface area contributed by atoms with Gasteiger partial charge in [-0.1, -0.05) is 12.1 Å². The van der Waals surface area contributed by atoms with Crippen LogP contribution in [0, 0.1) is 6.92 Å². The molecule has 0 saturated carbocycles. The van der Waals surface area contributed by atoms with Crippen LogP contribution in [-0.2, 0) is 0 Å². The van der Waals surface area contributed by atoms with Crippen LogP contribution in [0.4, 0.5) is 0 Å². The molecule has 7 heteroatoms. The van der Waals surface area contributed by atoms with E-state index in [0.29, 0.717) is 24.5 Å². The smallest absolute Gasteiger partial charge is 0.273 e. The Morgan fingerprint density at radius 3 is 2.71 bits per heavy atom. The van der Waals surface area contributed by atoms with Crippen LogP contribution in [0.1, 0.15) is 40.0 Å².